The van der Waals surface area contributed by atoms with E-state index in [9.17, 15) is 9.59 Å². The van der Waals surface area contributed by atoms with Gasteiger partial charge < -0.3 is 20.9 Å². The highest BCUT2D eigenvalue weighted by atomic mass is 16.2. The molecule has 6 heteroatoms. The summed E-state index contributed by atoms with van der Waals surface area (Å²) in [5.41, 5.74) is 5.28. The summed E-state index contributed by atoms with van der Waals surface area (Å²) in [6.45, 7) is 2.17. The van der Waals surface area contributed by atoms with Gasteiger partial charge in [-0.3, -0.25) is 9.59 Å². The lowest BCUT2D eigenvalue weighted by Gasteiger charge is -2.26. The Kier molecular flexibility index (Phi) is 5.37. The number of carbonyl (C=O) groups is 2. The third-order valence-electron chi connectivity index (χ3n) is 2.84. The van der Waals surface area contributed by atoms with E-state index < -0.39 is 11.8 Å². The van der Waals surface area contributed by atoms with Gasteiger partial charge in [0, 0.05) is 32.2 Å². The average Bonchev–Trinajstić information content (AvgIpc) is 2.71. The molecule has 6 nitrogen and oxygen atoms in total. The van der Waals surface area contributed by atoms with Crippen LogP contribution >= 0.6 is 0 Å². The highest BCUT2D eigenvalue weighted by Gasteiger charge is 2.32. The van der Waals surface area contributed by atoms with E-state index in [0.717, 1.165) is 19.4 Å². The van der Waals surface area contributed by atoms with Crippen LogP contribution in [0.1, 0.15) is 12.8 Å². The van der Waals surface area contributed by atoms with Crippen molar-refractivity contribution in [3.63, 3.8) is 0 Å². The third kappa shape index (κ3) is 3.98. The number of amides is 2. The lowest BCUT2D eigenvalue weighted by molar-refractivity contribution is -0.146. The largest absolute Gasteiger partial charge is 0.347 e. The van der Waals surface area contributed by atoms with Gasteiger partial charge >= 0.3 is 11.8 Å². The Morgan fingerprint density at radius 2 is 2.18 bits per heavy atom. The molecule has 1 rings (SSSR count). The number of hydrogen-bond acceptors (Lipinski definition) is 4. The maximum Gasteiger partial charge on any atom is 0.312 e. The second-order valence-corrected chi connectivity index (χ2v) is 4.60. The Balaban J connectivity index is 2.52. The molecular weight excluding hydrogens is 220 g/mol. The first-order valence-electron chi connectivity index (χ1n) is 6.00. The van der Waals surface area contributed by atoms with E-state index in [1.807, 2.05) is 19.0 Å². The fourth-order valence-corrected chi connectivity index (χ4v) is 2.11. The monoisotopic (exact) mass is 242 g/mol. The van der Waals surface area contributed by atoms with Crippen LogP contribution in [0.15, 0.2) is 0 Å². The van der Waals surface area contributed by atoms with Crippen LogP contribution in [0.3, 0.4) is 0 Å². The van der Waals surface area contributed by atoms with Crippen molar-refractivity contribution in [3.05, 3.63) is 0 Å². The minimum absolute atomic E-state index is 0.154. The molecular formula is C11H22N4O2. The fourth-order valence-electron chi connectivity index (χ4n) is 2.11. The zero-order chi connectivity index (χ0) is 12.8. The number of likely N-dealkylation sites (N-methyl/N-ethyl adjacent to an activating group) is 1. The van der Waals surface area contributed by atoms with E-state index in [1.165, 1.54) is 0 Å². The molecule has 1 aliphatic heterocycles. The second-order valence-electron chi connectivity index (χ2n) is 4.60. The van der Waals surface area contributed by atoms with Crippen molar-refractivity contribution in [1.29, 1.82) is 0 Å². The standard InChI is InChI=1S/C11H22N4O2/c1-14(2)8-9-4-3-7-15(9)11(17)10(16)13-6-5-12/h9H,3-8,12H2,1-2H3,(H,13,16). The van der Waals surface area contributed by atoms with Gasteiger partial charge in [0.15, 0.2) is 0 Å². The zero-order valence-electron chi connectivity index (χ0n) is 10.6. The van der Waals surface area contributed by atoms with Crippen LogP contribution in [0.4, 0.5) is 0 Å². The van der Waals surface area contributed by atoms with Gasteiger partial charge in [-0.25, -0.2) is 0 Å². The molecule has 1 aliphatic rings. The smallest absolute Gasteiger partial charge is 0.312 e. The van der Waals surface area contributed by atoms with Crippen molar-refractivity contribution in [2.45, 2.75) is 18.9 Å². The van der Waals surface area contributed by atoms with Crippen molar-refractivity contribution in [2.75, 3.05) is 40.3 Å². The van der Waals surface area contributed by atoms with Crippen molar-refractivity contribution in [1.82, 2.24) is 15.1 Å². The van der Waals surface area contributed by atoms with Crippen LogP contribution in [0, 0.1) is 0 Å². The summed E-state index contributed by atoms with van der Waals surface area (Å²) < 4.78 is 0. The average molecular weight is 242 g/mol. The molecule has 0 aromatic carbocycles. The van der Waals surface area contributed by atoms with Crippen LogP contribution < -0.4 is 11.1 Å². The molecule has 1 atom stereocenters. The van der Waals surface area contributed by atoms with Gasteiger partial charge in [0.25, 0.3) is 0 Å². The number of nitrogens with zero attached hydrogens (tertiary/aromatic N) is 2. The van der Waals surface area contributed by atoms with Gasteiger partial charge in [-0.05, 0) is 26.9 Å². The van der Waals surface area contributed by atoms with E-state index in [-0.39, 0.29) is 6.04 Å². The Labute approximate surface area is 102 Å². The quantitative estimate of drug-likeness (QED) is 0.595. The van der Waals surface area contributed by atoms with E-state index in [2.05, 4.69) is 5.32 Å². The number of carbonyl (C=O) groups excluding carboxylic acids is 2. The first-order chi connectivity index (χ1) is 8.06. The summed E-state index contributed by atoms with van der Waals surface area (Å²) in [6.07, 6.45) is 1.93. The lowest BCUT2D eigenvalue weighted by Crippen LogP contribution is -2.48. The van der Waals surface area contributed by atoms with Crippen molar-refractivity contribution < 1.29 is 9.59 Å². The van der Waals surface area contributed by atoms with E-state index in [4.69, 9.17) is 5.73 Å². The highest BCUT2D eigenvalue weighted by Crippen LogP contribution is 2.17. The first-order valence-corrected chi connectivity index (χ1v) is 6.00. The summed E-state index contributed by atoms with van der Waals surface area (Å²) in [5.74, 6) is -0.969. The Bertz CT molecular complexity index is 281. The number of likely N-dealkylation sites (tertiary alicyclic amines) is 1. The van der Waals surface area contributed by atoms with Crippen molar-refractivity contribution in [2.24, 2.45) is 5.73 Å². The Morgan fingerprint density at radius 3 is 2.76 bits per heavy atom. The minimum Gasteiger partial charge on any atom is -0.347 e. The summed E-state index contributed by atoms with van der Waals surface area (Å²) >= 11 is 0. The van der Waals surface area contributed by atoms with Gasteiger partial charge in [0.1, 0.15) is 0 Å². The van der Waals surface area contributed by atoms with Crippen LogP contribution in [0.2, 0.25) is 0 Å². The summed E-state index contributed by atoms with van der Waals surface area (Å²) in [6, 6.07) is 0.154. The van der Waals surface area contributed by atoms with E-state index >= 15 is 0 Å². The number of hydrogen-bond donors (Lipinski definition) is 2. The number of nitrogens with one attached hydrogen (secondary N) is 1. The van der Waals surface area contributed by atoms with Gasteiger partial charge in [-0.15, -0.1) is 0 Å². The van der Waals surface area contributed by atoms with Gasteiger partial charge in [0.05, 0.1) is 0 Å². The molecule has 2 amide bonds. The van der Waals surface area contributed by atoms with Gasteiger partial charge in [-0.1, -0.05) is 0 Å². The normalized spacial score (nSPS) is 19.8. The molecule has 0 radical (unpaired) electrons. The molecule has 3 N–H and O–H groups in total. The molecule has 0 saturated carbocycles. The zero-order valence-corrected chi connectivity index (χ0v) is 10.6. The summed E-state index contributed by atoms with van der Waals surface area (Å²) in [5, 5.41) is 2.51. The molecule has 0 aromatic rings. The van der Waals surface area contributed by atoms with E-state index in [1.54, 1.807) is 4.90 Å². The summed E-state index contributed by atoms with van der Waals surface area (Å²) in [4.78, 5) is 27.2. The number of nitrogens with two attached hydrogens (primary N) is 1. The number of rotatable bonds is 4. The SMILES string of the molecule is CN(C)CC1CCCN1C(=O)C(=O)NCCN. The molecule has 1 heterocycles. The Hall–Kier alpha value is -1.14. The second kappa shape index (κ2) is 6.56. The van der Waals surface area contributed by atoms with Gasteiger partial charge in [0.2, 0.25) is 0 Å². The predicted molar refractivity (Wildman–Crippen MR) is 65.4 cm³/mol. The molecule has 1 fully saturated rings. The topological polar surface area (TPSA) is 78.7 Å². The van der Waals surface area contributed by atoms with Crippen LogP contribution in [-0.2, 0) is 9.59 Å². The molecule has 17 heavy (non-hydrogen) atoms. The molecule has 0 aliphatic carbocycles. The summed E-state index contributed by atoms with van der Waals surface area (Å²) in [7, 11) is 3.94. The van der Waals surface area contributed by atoms with Crippen molar-refractivity contribution >= 4 is 11.8 Å². The van der Waals surface area contributed by atoms with Crippen LogP contribution in [-0.4, -0.2) is 67.9 Å². The molecule has 1 saturated heterocycles. The van der Waals surface area contributed by atoms with Crippen LogP contribution in [0.5, 0.6) is 0 Å². The first kappa shape index (κ1) is 13.9. The molecule has 1 unspecified atom stereocenters. The molecule has 98 valence electrons. The maximum atomic E-state index is 11.9. The maximum absolute atomic E-state index is 11.9. The minimum atomic E-state index is -0.541. The Morgan fingerprint density at radius 1 is 1.47 bits per heavy atom. The van der Waals surface area contributed by atoms with Crippen molar-refractivity contribution in [3.8, 4) is 0 Å². The molecule has 0 spiro atoms. The molecule has 0 aromatic heterocycles. The molecule has 0 bridgehead atoms. The van der Waals surface area contributed by atoms with E-state index in [0.29, 0.717) is 19.6 Å². The lowest BCUT2D eigenvalue weighted by atomic mass is 10.2. The fraction of sp³-hybridized carbons (Fsp3) is 0.818. The highest BCUT2D eigenvalue weighted by molar-refractivity contribution is 6.35. The third-order valence-corrected chi connectivity index (χ3v) is 2.84. The predicted octanol–water partition coefficient (Wildman–Crippen LogP) is -1.39. The van der Waals surface area contributed by atoms with Crippen LogP contribution in [0.25, 0.3) is 0 Å². The van der Waals surface area contributed by atoms with Gasteiger partial charge in [-0.2, -0.15) is 0 Å².